The largest absolute Gasteiger partial charge is 0.573 e. The van der Waals surface area contributed by atoms with E-state index in [1.165, 1.54) is 12.1 Å². The first-order chi connectivity index (χ1) is 8.78. The van der Waals surface area contributed by atoms with Crippen LogP contribution in [-0.2, 0) is 9.53 Å². The summed E-state index contributed by atoms with van der Waals surface area (Å²) >= 11 is 0. The van der Waals surface area contributed by atoms with Crippen LogP contribution < -0.4 is 16.2 Å². The van der Waals surface area contributed by atoms with Crippen LogP contribution in [0.1, 0.15) is 11.6 Å². The Labute approximate surface area is 107 Å². The molecule has 0 bridgehead atoms. The zero-order chi connectivity index (χ0) is 14.5. The summed E-state index contributed by atoms with van der Waals surface area (Å²) in [6.07, 6.45) is -4.73. The van der Waals surface area contributed by atoms with Gasteiger partial charge >= 0.3 is 6.36 Å². The molecule has 8 heteroatoms. The summed E-state index contributed by atoms with van der Waals surface area (Å²) in [6, 6.07) is 4.51. The number of nitrogens with two attached hydrogens (primary N) is 2. The first-order valence-corrected chi connectivity index (χ1v) is 5.25. The van der Waals surface area contributed by atoms with E-state index in [1.807, 2.05) is 0 Å². The summed E-state index contributed by atoms with van der Waals surface area (Å²) in [4.78, 5) is 10.4. The zero-order valence-electron chi connectivity index (χ0n) is 9.81. The minimum Gasteiger partial charge on any atom is -0.406 e. The van der Waals surface area contributed by atoms with Gasteiger partial charge in [0.2, 0.25) is 5.91 Å². The maximum absolute atomic E-state index is 11.9. The number of carbonyl (C=O) groups is 1. The third kappa shape index (κ3) is 6.07. The molecule has 0 aliphatic carbocycles. The average molecular weight is 278 g/mol. The minimum absolute atomic E-state index is 0.0302. The molecule has 1 aromatic carbocycles. The van der Waals surface area contributed by atoms with Crippen LogP contribution >= 0.6 is 0 Å². The lowest BCUT2D eigenvalue weighted by molar-refractivity contribution is -0.274. The van der Waals surface area contributed by atoms with E-state index < -0.39 is 18.3 Å². The molecule has 0 aliphatic heterocycles. The normalized spacial score (nSPS) is 13.1. The Hall–Kier alpha value is -1.80. The van der Waals surface area contributed by atoms with Gasteiger partial charge in [-0.2, -0.15) is 0 Å². The molecule has 0 aliphatic rings. The number of alkyl halides is 3. The number of ether oxygens (including phenoxy) is 2. The Balaban J connectivity index is 2.53. The van der Waals surface area contributed by atoms with Crippen molar-refractivity contribution < 1.29 is 27.4 Å². The van der Waals surface area contributed by atoms with Crippen molar-refractivity contribution in [2.24, 2.45) is 11.5 Å². The second kappa shape index (κ2) is 6.39. The van der Waals surface area contributed by atoms with Gasteiger partial charge in [-0.15, -0.1) is 13.2 Å². The molecule has 106 valence electrons. The van der Waals surface area contributed by atoms with E-state index in [4.69, 9.17) is 16.2 Å². The summed E-state index contributed by atoms with van der Waals surface area (Å²) in [7, 11) is 0. The lowest BCUT2D eigenvalue weighted by Crippen LogP contribution is -2.23. The predicted molar refractivity (Wildman–Crippen MR) is 60.1 cm³/mol. The van der Waals surface area contributed by atoms with Crippen LogP contribution in [0.3, 0.4) is 0 Å². The van der Waals surface area contributed by atoms with E-state index in [2.05, 4.69) is 4.74 Å². The SMILES string of the molecule is NC(=O)COCC(N)c1ccc(OC(F)(F)F)cc1. The first-order valence-electron chi connectivity index (χ1n) is 5.25. The van der Waals surface area contributed by atoms with Crippen molar-refractivity contribution in [1.29, 1.82) is 0 Å². The molecule has 4 N–H and O–H groups in total. The van der Waals surface area contributed by atoms with Crippen molar-refractivity contribution in [2.45, 2.75) is 12.4 Å². The standard InChI is InChI=1S/C11H13F3N2O3/c12-11(13,14)19-8-3-1-7(2-4-8)9(15)5-18-6-10(16)17/h1-4,9H,5-6,15H2,(H2,16,17). The number of hydrogen-bond donors (Lipinski definition) is 2. The predicted octanol–water partition coefficient (Wildman–Crippen LogP) is 1.09. The summed E-state index contributed by atoms with van der Waals surface area (Å²) in [5.41, 5.74) is 11.1. The van der Waals surface area contributed by atoms with Gasteiger partial charge in [0.25, 0.3) is 0 Å². The number of hydrogen-bond acceptors (Lipinski definition) is 4. The molecule has 0 radical (unpaired) electrons. The van der Waals surface area contributed by atoms with E-state index in [0.717, 1.165) is 12.1 Å². The molecular formula is C11H13F3N2O3. The summed E-state index contributed by atoms with van der Waals surface area (Å²) < 4.78 is 44.4. The fourth-order valence-electron chi connectivity index (χ4n) is 1.30. The highest BCUT2D eigenvalue weighted by Crippen LogP contribution is 2.23. The Kier molecular flexibility index (Phi) is 5.13. The fourth-order valence-corrected chi connectivity index (χ4v) is 1.30. The Bertz CT molecular complexity index is 420. The van der Waals surface area contributed by atoms with E-state index >= 15 is 0 Å². The molecule has 0 heterocycles. The highest BCUT2D eigenvalue weighted by atomic mass is 19.4. The van der Waals surface area contributed by atoms with Crippen LogP contribution in [0, 0.1) is 0 Å². The van der Waals surface area contributed by atoms with Crippen molar-refractivity contribution in [3.8, 4) is 5.75 Å². The van der Waals surface area contributed by atoms with Gasteiger partial charge < -0.3 is 20.9 Å². The van der Waals surface area contributed by atoms with Gasteiger partial charge in [0, 0.05) is 0 Å². The lowest BCUT2D eigenvalue weighted by atomic mass is 10.1. The van der Waals surface area contributed by atoms with Crippen molar-refractivity contribution in [1.82, 2.24) is 0 Å². The van der Waals surface area contributed by atoms with Crippen molar-refractivity contribution in [3.63, 3.8) is 0 Å². The van der Waals surface area contributed by atoms with Crippen LogP contribution in [0.25, 0.3) is 0 Å². The fraction of sp³-hybridized carbons (Fsp3) is 0.364. The van der Waals surface area contributed by atoms with Gasteiger partial charge in [-0.25, -0.2) is 0 Å². The van der Waals surface area contributed by atoms with E-state index in [9.17, 15) is 18.0 Å². The second-order valence-electron chi connectivity index (χ2n) is 3.70. The number of benzene rings is 1. The first kappa shape index (κ1) is 15.3. The van der Waals surface area contributed by atoms with Gasteiger partial charge in [-0.05, 0) is 17.7 Å². The van der Waals surface area contributed by atoms with Crippen LogP contribution in [0.5, 0.6) is 5.75 Å². The maximum Gasteiger partial charge on any atom is 0.573 e. The Morgan fingerprint density at radius 1 is 1.26 bits per heavy atom. The monoisotopic (exact) mass is 278 g/mol. The smallest absolute Gasteiger partial charge is 0.406 e. The number of rotatable bonds is 6. The quantitative estimate of drug-likeness (QED) is 0.815. The van der Waals surface area contributed by atoms with Crippen LogP contribution in [-0.4, -0.2) is 25.5 Å². The molecule has 1 atom stereocenters. The highest BCUT2D eigenvalue weighted by molar-refractivity contribution is 5.74. The number of carbonyl (C=O) groups excluding carboxylic acids is 1. The lowest BCUT2D eigenvalue weighted by Gasteiger charge is -2.13. The minimum atomic E-state index is -4.73. The van der Waals surface area contributed by atoms with Gasteiger partial charge in [0.15, 0.2) is 0 Å². The van der Waals surface area contributed by atoms with Crippen molar-refractivity contribution >= 4 is 5.91 Å². The maximum atomic E-state index is 11.9. The molecule has 0 saturated carbocycles. The van der Waals surface area contributed by atoms with E-state index in [0.29, 0.717) is 5.56 Å². The van der Waals surface area contributed by atoms with Gasteiger partial charge in [0.05, 0.1) is 12.6 Å². The van der Waals surface area contributed by atoms with Gasteiger partial charge in [-0.1, -0.05) is 12.1 Å². The van der Waals surface area contributed by atoms with Crippen molar-refractivity contribution in [3.05, 3.63) is 29.8 Å². The molecule has 1 rings (SSSR count). The van der Waals surface area contributed by atoms with Crippen molar-refractivity contribution in [2.75, 3.05) is 13.2 Å². The molecule has 1 amide bonds. The Morgan fingerprint density at radius 3 is 2.32 bits per heavy atom. The van der Waals surface area contributed by atoms with E-state index in [-0.39, 0.29) is 19.0 Å². The molecule has 0 fully saturated rings. The average Bonchev–Trinajstić information content (AvgIpc) is 2.27. The molecule has 19 heavy (non-hydrogen) atoms. The molecule has 5 nitrogen and oxygen atoms in total. The van der Waals surface area contributed by atoms with Crippen LogP contribution in [0.15, 0.2) is 24.3 Å². The topological polar surface area (TPSA) is 87.6 Å². The number of primary amides is 1. The third-order valence-corrected chi connectivity index (χ3v) is 2.08. The number of halogens is 3. The van der Waals surface area contributed by atoms with Crippen LogP contribution in [0.4, 0.5) is 13.2 Å². The molecular weight excluding hydrogens is 265 g/mol. The zero-order valence-corrected chi connectivity index (χ0v) is 9.81. The third-order valence-electron chi connectivity index (χ3n) is 2.08. The van der Waals surface area contributed by atoms with Crippen LogP contribution in [0.2, 0.25) is 0 Å². The molecule has 1 aromatic rings. The molecule has 0 aromatic heterocycles. The molecule has 1 unspecified atom stereocenters. The van der Waals surface area contributed by atoms with Gasteiger partial charge in [0.1, 0.15) is 12.4 Å². The molecule has 0 saturated heterocycles. The summed E-state index contributed by atoms with van der Waals surface area (Å²) in [5.74, 6) is -0.956. The summed E-state index contributed by atoms with van der Waals surface area (Å²) in [6.45, 7) is -0.231. The van der Waals surface area contributed by atoms with E-state index in [1.54, 1.807) is 0 Å². The molecule has 0 spiro atoms. The summed E-state index contributed by atoms with van der Waals surface area (Å²) in [5, 5.41) is 0. The Morgan fingerprint density at radius 2 is 1.84 bits per heavy atom. The second-order valence-corrected chi connectivity index (χ2v) is 3.70. The number of amides is 1. The highest BCUT2D eigenvalue weighted by Gasteiger charge is 2.31. The van der Waals surface area contributed by atoms with Gasteiger partial charge in [-0.3, -0.25) is 4.79 Å².